The van der Waals surface area contributed by atoms with Crippen molar-refractivity contribution in [1.82, 2.24) is 0 Å². The topological polar surface area (TPSA) is 101 Å². The molecule has 0 heterocycles. The molecule has 1 amide bonds. The van der Waals surface area contributed by atoms with Gasteiger partial charge in [-0.3, -0.25) is 9.59 Å². The molecular weight excluding hydrogens is 282 g/mol. The summed E-state index contributed by atoms with van der Waals surface area (Å²) in [4.78, 5) is 22.6. The van der Waals surface area contributed by atoms with E-state index >= 15 is 0 Å². The van der Waals surface area contributed by atoms with Gasteiger partial charge in [0.25, 0.3) is 0 Å². The lowest BCUT2D eigenvalue weighted by Gasteiger charge is -2.06. The van der Waals surface area contributed by atoms with Gasteiger partial charge in [-0.05, 0) is 30.7 Å². The molecule has 1 aliphatic rings. The third-order valence-corrected chi connectivity index (χ3v) is 5.06. The van der Waals surface area contributed by atoms with Crippen LogP contribution in [-0.4, -0.2) is 31.2 Å². The Labute approximate surface area is 116 Å². The van der Waals surface area contributed by atoms with Crippen molar-refractivity contribution >= 4 is 27.4 Å². The third-order valence-electron chi connectivity index (χ3n) is 3.31. The van der Waals surface area contributed by atoms with Gasteiger partial charge in [-0.1, -0.05) is 6.92 Å². The number of benzene rings is 1. The van der Waals surface area contributed by atoms with E-state index in [0.29, 0.717) is 12.1 Å². The fourth-order valence-electron chi connectivity index (χ4n) is 1.90. The van der Waals surface area contributed by atoms with Gasteiger partial charge in [0.2, 0.25) is 5.91 Å². The summed E-state index contributed by atoms with van der Waals surface area (Å²) in [5.74, 6) is -2.39. The minimum Gasteiger partial charge on any atom is -0.481 e. The first-order chi connectivity index (χ1) is 9.35. The number of anilines is 1. The van der Waals surface area contributed by atoms with Crippen molar-refractivity contribution in [2.24, 2.45) is 11.8 Å². The van der Waals surface area contributed by atoms with E-state index in [2.05, 4.69) is 5.32 Å². The van der Waals surface area contributed by atoms with Gasteiger partial charge < -0.3 is 10.4 Å². The first-order valence-corrected chi connectivity index (χ1v) is 7.87. The first-order valence-electron chi connectivity index (χ1n) is 6.21. The molecule has 1 saturated carbocycles. The van der Waals surface area contributed by atoms with Gasteiger partial charge >= 0.3 is 5.97 Å². The summed E-state index contributed by atoms with van der Waals surface area (Å²) in [6, 6.07) is 5.85. The maximum atomic E-state index is 11.7. The molecule has 0 aliphatic heterocycles. The van der Waals surface area contributed by atoms with Crippen LogP contribution in [0.3, 0.4) is 0 Å². The number of carbonyl (C=O) groups is 2. The normalized spacial score (nSPS) is 21.2. The Balaban J connectivity index is 2.02. The van der Waals surface area contributed by atoms with E-state index in [1.807, 2.05) is 0 Å². The molecule has 0 radical (unpaired) electrons. The van der Waals surface area contributed by atoms with E-state index in [1.165, 1.54) is 24.3 Å². The highest BCUT2D eigenvalue weighted by molar-refractivity contribution is 7.91. The molecule has 0 bridgehead atoms. The van der Waals surface area contributed by atoms with Crippen LogP contribution in [0.2, 0.25) is 0 Å². The monoisotopic (exact) mass is 297 g/mol. The zero-order chi connectivity index (χ0) is 14.9. The molecule has 1 aromatic carbocycles. The summed E-state index contributed by atoms with van der Waals surface area (Å²) in [7, 11) is -3.26. The Morgan fingerprint density at radius 3 is 2.30 bits per heavy atom. The summed E-state index contributed by atoms with van der Waals surface area (Å²) in [6.45, 7) is 1.56. The van der Waals surface area contributed by atoms with Crippen molar-refractivity contribution in [3.05, 3.63) is 24.3 Å². The number of nitrogens with one attached hydrogen (secondary N) is 1. The Hall–Kier alpha value is -1.89. The Morgan fingerprint density at radius 2 is 1.85 bits per heavy atom. The molecule has 7 heteroatoms. The lowest BCUT2D eigenvalue weighted by molar-refractivity contribution is -0.139. The van der Waals surface area contributed by atoms with Gasteiger partial charge in [-0.2, -0.15) is 0 Å². The molecule has 2 rings (SSSR count). The van der Waals surface area contributed by atoms with Crippen molar-refractivity contribution in [2.75, 3.05) is 11.1 Å². The van der Waals surface area contributed by atoms with Crippen LogP contribution < -0.4 is 5.32 Å². The second-order valence-electron chi connectivity index (χ2n) is 4.70. The number of carbonyl (C=O) groups excluding carboxylic acids is 1. The van der Waals surface area contributed by atoms with Crippen LogP contribution in [0.25, 0.3) is 0 Å². The molecule has 1 aromatic rings. The molecule has 6 nitrogen and oxygen atoms in total. The van der Waals surface area contributed by atoms with E-state index < -0.39 is 27.6 Å². The first kappa shape index (κ1) is 14.5. The smallest absolute Gasteiger partial charge is 0.307 e. The molecule has 0 unspecified atom stereocenters. The summed E-state index contributed by atoms with van der Waals surface area (Å²) in [5.41, 5.74) is 0.459. The van der Waals surface area contributed by atoms with Crippen LogP contribution >= 0.6 is 0 Å². The zero-order valence-electron chi connectivity index (χ0n) is 10.9. The van der Waals surface area contributed by atoms with E-state index in [9.17, 15) is 18.0 Å². The summed E-state index contributed by atoms with van der Waals surface area (Å²) < 4.78 is 23.2. The number of carboxylic acid groups (broad SMARTS) is 1. The molecule has 0 aromatic heterocycles. The van der Waals surface area contributed by atoms with Gasteiger partial charge in [-0.25, -0.2) is 8.42 Å². The van der Waals surface area contributed by atoms with E-state index in [4.69, 9.17) is 5.11 Å². The van der Waals surface area contributed by atoms with Gasteiger partial charge in [0.05, 0.1) is 22.5 Å². The van der Waals surface area contributed by atoms with Crippen LogP contribution in [-0.2, 0) is 19.4 Å². The lowest BCUT2D eigenvalue weighted by Crippen LogP contribution is -2.16. The van der Waals surface area contributed by atoms with E-state index in [-0.39, 0.29) is 16.6 Å². The quantitative estimate of drug-likeness (QED) is 0.848. The minimum atomic E-state index is -3.26. The van der Waals surface area contributed by atoms with Crippen molar-refractivity contribution < 1.29 is 23.1 Å². The Bertz CT molecular complexity index is 635. The minimum absolute atomic E-state index is 0.0150. The molecule has 108 valence electrons. The molecule has 1 aliphatic carbocycles. The standard InChI is InChI=1S/C13H15NO5S/c1-2-20(18,19)9-5-3-8(4-6-9)14-12(15)10-7-11(10)13(16)17/h3-6,10-11H,2,7H2,1H3,(H,14,15)(H,16,17)/t10-,11+/m1/s1. The fraction of sp³-hybridized carbons (Fsp3) is 0.385. The molecule has 2 atom stereocenters. The van der Waals surface area contributed by atoms with Crippen LogP contribution in [0.1, 0.15) is 13.3 Å². The number of hydrogen-bond donors (Lipinski definition) is 2. The van der Waals surface area contributed by atoms with E-state index in [1.54, 1.807) is 6.92 Å². The lowest BCUT2D eigenvalue weighted by atomic mass is 10.2. The van der Waals surface area contributed by atoms with Crippen LogP contribution in [0.4, 0.5) is 5.69 Å². The predicted molar refractivity (Wildman–Crippen MR) is 72.0 cm³/mol. The Kier molecular flexibility index (Phi) is 3.80. The molecule has 0 spiro atoms. The van der Waals surface area contributed by atoms with Crippen LogP contribution in [0, 0.1) is 11.8 Å². The molecular formula is C13H15NO5S. The highest BCUT2D eigenvalue weighted by Gasteiger charge is 2.48. The van der Waals surface area contributed by atoms with Gasteiger partial charge in [0.1, 0.15) is 0 Å². The summed E-state index contributed by atoms with van der Waals surface area (Å²) >= 11 is 0. The predicted octanol–water partition coefficient (Wildman–Crippen LogP) is 1.14. The SMILES string of the molecule is CCS(=O)(=O)c1ccc(NC(=O)[C@@H]2C[C@@H]2C(=O)O)cc1. The number of hydrogen-bond acceptors (Lipinski definition) is 4. The number of carboxylic acids is 1. The number of sulfone groups is 1. The van der Waals surface area contributed by atoms with E-state index in [0.717, 1.165) is 0 Å². The van der Waals surface area contributed by atoms with Gasteiger partial charge in [0, 0.05) is 5.69 Å². The largest absolute Gasteiger partial charge is 0.481 e. The van der Waals surface area contributed by atoms with Crippen LogP contribution in [0.5, 0.6) is 0 Å². The Morgan fingerprint density at radius 1 is 1.25 bits per heavy atom. The highest BCUT2D eigenvalue weighted by Crippen LogP contribution is 2.39. The summed E-state index contributed by atoms with van der Waals surface area (Å²) in [5, 5.41) is 11.3. The molecule has 0 saturated heterocycles. The number of rotatable bonds is 5. The molecule has 1 fully saturated rings. The van der Waals surface area contributed by atoms with Crippen molar-refractivity contribution in [3.63, 3.8) is 0 Å². The summed E-state index contributed by atoms with van der Waals surface area (Å²) in [6.07, 6.45) is 0.351. The molecule has 20 heavy (non-hydrogen) atoms. The zero-order valence-corrected chi connectivity index (χ0v) is 11.7. The van der Waals surface area contributed by atoms with Crippen LogP contribution in [0.15, 0.2) is 29.2 Å². The van der Waals surface area contributed by atoms with Gasteiger partial charge in [0.15, 0.2) is 9.84 Å². The number of amides is 1. The van der Waals surface area contributed by atoms with Crippen molar-refractivity contribution in [3.8, 4) is 0 Å². The van der Waals surface area contributed by atoms with Crippen molar-refractivity contribution in [2.45, 2.75) is 18.2 Å². The average molecular weight is 297 g/mol. The maximum absolute atomic E-state index is 11.7. The van der Waals surface area contributed by atoms with Gasteiger partial charge in [-0.15, -0.1) is 0 Å². The fourth-order valence-corrected chi connectivity index (χ4v) is 2.79. The van der Waals surface area contributed by atoms with Crippen molar-refractivity contribution in [1.29, 1.82) is 0 Å². The highest BCUT2D eigenvalue weighted by atomic mass is 32.2. The maximum Gasteiger partial charge on any atom is 0.307 e. The second-order valence-corrected chi connectivity index (χ2v) is 6.98. The third kappa shape index (κ3) is 2.98. The second kappa shape index (κ2) is 5.24. The molecule has 2 N–H and O–H groups in total. The number of aliphatic carboxylic acids is 1. The average Bonchev–Trinajstić information content (AvgIpc) is 3.20.